The van der Waals surface area contributed by atoms with Gasteiger partial charge in [0, 0.05) is 6.42 Å². The minimum atomic E-state index is -0.537. The van der Waals surface area contributed by atoms with Crippen LogP contribution < -0.4 is 11.1 Å². The van der Waals surface area contributed by atoms with Crippen LogP contribution in [0.1, 0.15) is 60.3 Å². The molecule has 3 N–H and O–H groups in total. The first-order chi connectivity index (χ1) is 8.84. The fourth-order valence-electron chi connectivity index (χ4n) is 1.89. The molecule has 0 radical (unpaired) electrons. The summed E-state index contributed by atoms with van der Waals surface area (Å²) < 4.78 is 0. The smallest absolute Gasteiger partial charge is 0.237 e. The summed E-state index contributed by atoms with van der Waals surface area (Å²) >= 11 is 0. The molecule has 3 unspecified atom stereocenters. The Morgan fingerprint density at radius 3 is 2.16 bits per heavy atom. The number of nitrogens with one attached hydrogen (secondary N) is 1. The van der Waals surface area contributed by atoms with Crippen molar-refractivity contribution in [2.75, 3.05) is 0 Å². The summed E-state index contributed by atoms with van der Waals surface area (Å²) in [5, 5.41) is 2.83. The Morgan fingerprint density at radius 2 is 1.74 bits per heavy atom. The first-order valence-electron chi connectivity index (χ1n) is 7.43. The van der Waals surface area contributed by atoms with Crippen molar-refractivity contribution >= 4 is 11.7 Å². The normalized spacial score (nSPS) is 15.9. The molecule has 0 heterocycles. The number of unbranched alkanes of at least 4 members (excludes halogenated alkanes) is 1. The first kappa shape index (κ1) is 18.1. The van der Waals surface area contributed by atoms with Crippen molar-refractivity contribution < 1.29 is 9.59 Å². The van der Waals surface area contributed by atoms with Crippen LogP contribution in [0.4, 0.5) is 0 Å². The molecule has 0 aromatic carbocycles. The van der Waals surface area contributed by atoms with Crippen LogP contribution in [0, 0.1) is 11.8 Å². The lowest BCUT2D eigenvalue weighted by molar-refractivity contribution is -0.130. The second-order valence-corrected chi connectivity index (χ2v) is 5.71. The minimum absolute atomic E-state index is 0.0949. The molecule has 112 valence electrons. The van der Waals surface area contributed by atoms with Gasteiger partial charge in [0.2, 0.25) is 5.91 Å². The molecule has 0 saturated carbocycles. The third-order valence-electron chi connectivity index (χ3n) is 3.65. The Kier molecular flexibility index (Phi) is 8.65. The van der Waals surface area contributed by atoms with Gasteiger partial charge in [0.05, 0.1) is 12.1 Å². The van der Waals surface area contributed by atoms with Crippen molar-refractivity contribution in [3.8, 4) is 0 Å². The van der Waals surface area contributed by atoms with E-state index in [1.165, 1.54) is 0 Å². The van der Waals surface area contributed by atoms with Crippen molar-refractivity contribution in [1.29, 1.82) is 0 Å². The summed E-state index contributed by atoms with van der Waals surface area (Å²) in [6.07, 6.45) is 3.23. The van der Waals surface area contributed by atoms with Gasteiger partial charge in [-0.25, -0.2) is 0 Å². The van der Waals surface area contributed by atoms with Crippen LogP contribution in [0.3, 0.4) is 0 Å². The number of carbonyl (C=O) groups is 2. The standard InChI is InChI=1S/C15H30N2O2/c1-6-8-9-12(18)14(10(3)4)17-15(19)13(16)11(5)7-2/h10-11,13-14H,6-9,16H2,1-5H3,(H,17,19). The zero-order chi connectivity index (χ0) is 15.0. The lowest BCUT2D eigenvalue weighted by atomic mass is 9.94. The van der Waals surface area contributed by atoms with Crippen LogP contribution in [-0.4, -0.2) is 23.8 Å². The maximum Gasteiger partial charge on any atom is 0.237 e. The Bertz CT molecular complexity index is 290. The molecule has 4 heteroatoms. The van der Waals surface area contributed by atoms with Crippen LogP contribution >= 0.6 is 0 Å². The van der Waals surface area contributed by atoms with Crippen LogP contribution in [0.5, 0.6) is 0 Å². The number of carbonyl (C=O) groups excluding carboxylic acids is 2. The molecule has 0 bridgehead atoms. The van der Waals surface area contributed by atoms with E-state index in [0.717, 1.165) is 19.3 Å². The lowest BCUT2D eigenvalue weighted by Crippen LogP contribution is -2.52. The second-order valence-electron chi connectivity index (χ2n) is 5.71. The van der Waals surface area contributed by atoms with Gasteiger partial charge in [0.25, 0.3) is 0 Å². The van der Waals surface area contributed by atoms with Gasteiger partial charge in [-0.15, -0.1) is 0 Å². The number of rotatable bonds is 9. The third kappa shape index (κ3) is 6.19. The van der Waals surface area contributed by atoms with Crippen LogP contribution in [0.25, 0.3) is 0 Å². The van der Waals surface area contributed by atoms with Gasteiger partial charge in [-0.1, -0.05) is 47.5 Å². The van der Waals surface area contributed by atoms with Gasteiger partial charge in [-0.2, -0.15) is 0 Å². The summed E-state index contributed by atoms with van der Waals surface area (Å²) in [4.78, 5) is 24.1. The topological polar surface area (TPSA) is 72.2 Å². The van der Waals surface area contributed by atoms with E-state index in [2.05, 4.69) is 12.2 Å². The van der Waals surface area contributed by atoms with Crippen molar-refractivity contribution in [3.63, 3.8) is 0 Å². The van der Waals surface area contributed by atoms with Crippen LogP contribution in [0.2, 0.25) is 0 Å². The fourth-order valence-corrected chi connectivity index (χ4v) is 1.89. The number of amides is 1. The summed E-state index contributed by atoms with van der Waals surface area (Å²) in [5.41, 5.74) is 5.90. The quantitative estimate of drug-likeness (QED) is 0.675. The van der Waals surface area contributed by atoms with E-state index in [0.29, 0.717) is 6.42 Å². The number of Topliss-reactive ketones (excluding diaryl/α,β-unsaturated/α-hetero) is 1. The molecule has 0 rings (SSSR count). The van der Waals surface area contributed by atoms with E-state index in [1.54, 1.807) is 0 Å². The van der Waals surface area contributed by atoms with E-state index < -0.39 is 12.1 Å². The first-order valence-corrected chi connectivity index (χ1v) is 7.43. The number of hydrogen-bond acceptors (Lipinski definition) is 3. The van der Waals surface area contributed by atoms with Gasteiger partial charge >= 0.3 is 0 Å². The average Bonchev–Trinajstić information content (AvgIpc) is 2.39. The number of hydrogen-bond donors (Lipinski definition) is 2. The Hall–Kier alpha value is -0.900. The highest BCUT2D eigenvalue weighted by Gasteiger charge is 2.27. The molecule has 0 aliphatic rings. The Morgan fingerprint density at radius 1 is 1.16 bits per heavy atom. The van der Waals surface area contributed by atoms with Crippen molar-refractivity contribution in [1.82, 2.24) is 5.32 Å². The van der Waals surface area contributed by atoms with E-state index in [1.807, 2.05) is 27.7 Å². The molecule has 0 fully saturated rings. The molecule has 0 saturated heterocycles. The molecule has 0 aromatic heterocycles. The van der Waals surface area contributed by atoms with E-state index in [4.69, 9.17) is 5.73 Å². The number of ketones is 1. The van der Waals surface area contributed by atoms with Crippen LogP contribution in [-0.2, 0) is 9.59 Å². The van der Waals surface area contributed by atoms with Crippen molar-refractivity contribution in [2.45, 2.75) is 72.4 Å². The number of nitrogens with two attached hydrogens (primary N) is 1. The van der Waals surface area contributed by atoms with Crippen LogP contribution in [0.15, 0.2) is 0 Å². The fraction of sp³-hybridized carbons (Fsp3) is 0.867. The second kappa shape index (κ2) is 9.08. The lowest BCUT2D eigenvalue weighted by Gasteiger charge is -2.25. The van der Waals surface area contributed by atoms with Gasteiger partial charge in [-0.3, -0.25) is 9.59 Å². The molecule has 3 atom stereocenters. The van der Waals surface area contributed by atoms with Crippen molar-refractivity contribution in [3.05, 3.63) is 0 Å². The molecule has 0 aliphatic carbocycles. The summed E-state index contributed by atoms with van der Waals surface area (Å²) in [6.45, 7) is 9.90. The van der Waals surface area contributed by atoms with Gasteiger partial charge in [0.15, 0.2) is 5.78 Å². The molecule has 19 heavy (non-hydrogen) atoms. The highest BCUT2D eigenvalue weighted by Crippen LogP contribution is 2.10. The Labute approximate surface area is 117 Å². The minimum Gasteiger partial charge on any atom is -0.345 e. The summed E-state index contributed by atoms with van der Waals surface area (Å²) in [6, 6.07) is -0.945. The van der Waals surface area contributed by atoms with Gasteiger partial charge in [0.1, 0.15) is 0 Å². The SMILES string of the molecule is CCCCC(=O)C(NC(=O)C(N)C(C)CC)C(C)C. The summed E-state index contributed by atoms with van der Waals surface area (Å²) in [7, 11) is 0. The monoisotopic (exact) mass is 270 g/mol. The van der Waals surface area contributed by atoms with Crippen molar-refractivity contribution in [2.24, 2.45) is 17.6 Å². The van der Waals surface area contributed by atoms with E-state index >= 15 is 0 Å². The highest BCUT2D eigenvalue weighted by molar-refractivity contribution is 5.91. The third-order valence-corrected chi connectivity index (χ3v) is 3.65. The zero-order valence-corrected chi connectivity index (χ0v) is 13.0. The molecule has 0 spiro atoms. The average molecular weight is 270 g/mol. The maximum atomic E-state index is 12.1. The molecule has 4 nitrogen and oxygen atoms in total. The zero-order valence-electron chi connectivity index (χ0n) is 13.0. The Balaban J connectivity index is 4.58. The molecular weight excluding hydrogens is 240 g/mol. The summed E-state index contributed by atoms with van der Waals surface area (Å²) in [5.74, 6) is 0.121. The molecule has 0 aromatic rings. The highest BCUT2D eigenvalue weighted by atomic mass is 16.2. The van der Waals surface area contributed by atoms with Gasteiger partial charge < -0.3 is 11.1 Å². The molecular formula is C15H30N2O2. The maximum absolute atomic E-state index is 12.1. The predicted molar refractivity (Wildman–Crippen MR) is 78.7 cm³/mol. The van der Waals surface area contributed by atoms with E-state index in [-0.39, 0.29) is 23.5 Å². The predicted octanol–water partition coefficient (Wildman–Crippen LogP) is 2.26. The largest absolute Gasteiger partial charge is 0.345 e. The van der Waals surface area contributed by atoms with Gasteiger partial charge in [-0.05, 0) is 18.3 Å². The molecule has 1 amide bonds. The van der Waals surface area contributed by atoms with E-state index in [9.17, 15) is 9.59 Å². The molecule has 0 aliphatic heterocycles.